The predicted molar refractivity (Wildman–Crippen MR) is 86.3 cm³/mol. The summed E-state index contributed by atoms with van der Waals surface area (Å²) in [5, 5.41) is 17.4. The third kappa shape index (κ3) is 2.65. The maximum absolute atomic E-state index is 8.87. The van der Waals surface area contributed by atoms with Gasteiger partial charge in [-0.15, -0.1) is 0 Å². The van der Waals surface area contributed by atoms with E-state index in [-0.39, 0.29) is 6.61 Å². The molecule has 6 nitrogen and oxygen atoms in total. The van der Waals surface area contributed by atoms with Crippen molar-refractivity contribution in [2.75, 3.05) is 18.5 Å². The van der Waals surface area contributed by atoms with Gasteiger partial charge in [-0.1, -0.05) is 6.07 Å². The standard InChI is InChI=1S/C16H19N5O/c1-11-4-5-13(8-12(11)2)21-16-14(9-20-21)15(18-10-19-16)17-6-3-7-22/h4-5,8-10,22H,3,6-7H2,1-2H3,(H,17,18,19). The molecule has 0 amide bonds. The minimum absolute atomic E-state index is 0.156. The maximum Gasteiger partial charge on any atom is 0.168 e. The molecule has 0 fully saturated rings. The molecule has 2 heterocycles. The van der Waals surface area contributed by atoms with Gasteiger partial charge in [0.15, 0.2) is 5.65 Å². The summed E-state index contributed by atoms with van der Waals surface area (Å²) in [5.41, 5.74) is 4.22. The van der Waals surface area contributed by atoms with Crippen molar-refractivity contribution >= 4 is 16.9 Å². The first-order chi connectivity index (χ1) is 10.7. The van der Waals surface area contributed by atoms with E-state index in [1.54, 1.807) is 6.20 Å². The molecule has 22 heavy (non-hydrogen) atoms. The molecule has 0 aliphatic heterocycles. The molecule has 0 atom stereocenters. The monoisotopic (exact) mass is 297 g/mol. The van der Waals surface area contributed by atoms with Gasteiger partial charge in [-0.3, -0.25) is 0 Å². The highest BCUT2D eigenvalue weighted by Gasteiger charge is 2.11. The van der Waals surface area contributed by atoms with Crippen molar-refractivity contribution in [1.29, 1.82) is 0 Å². The Morgan fingerprint density at radius 2 is 2.05 bits per heavy atom. The zero-order chi connectivity index (χ0) is 15.5. The number of hydrogen-bond donors (Lipinski definition) is 2. The van der Waals surface area contributed by atoms with Gasteiger partial charge in [-0.05, 0) is 43.5 Å². The van der Waals surface area contributed by atoms with Gasteiger partial charge in [0.25, 0.3) is 0 Å². The largest absolute Gasteiger partial charge is 0.396 e. The number of aromatic nitrogens is 4. The quantitative estimate of drug-likeness (QED) is 0.706. The summed E-state index contributed by atoms with van der Waals surface area (Å²) in [6, 6.07) is 6.22. The maximum atomic E-state index is 8.87. The van der Waals surface area contributed by atoms with Crippen LogP contribution in [0, 0.1) is 13.8 Å². The average Bonchev–Trinajstić information content (AvgIpc) is 2.95. The fourth-order valence-corrected chi connectivity index (χ4v) is 2.32. The summed E-state index contributed by atoms with van der Waals surface area (Å²) >= 11 is 0. The van der Waals surface area contributed by atoms with Crippen LogP contribution in [0.5, 0.6) is 0 Å². The van der Waals surface area contributed by atoms with E-state index >= 15 is 0 Å². The van der Waals surface area contributed by atoms with Crippen LogP contribution in [0.15, 0.2) is 30.7 Å². The number of benzene rings is 1. The Labute approximate surface area is 128 Å². The van der Waals surface area contributed by atoms with E-state index < -0.39 is 0 Å². The van der Waals surface area contributed by atoms with Crippen molar-refractivity contribution in [3.63, 3.8) is 0 Å². The Bertz CT molecular complexity index is 796. The fraction of sp³-hybridized carbons (Fsp3) is 0.312. The molecule has 0 bridgehead atoms. The SMILES string of the molecule is Cc1ccc(-n2ncc3c(NCCCO)ncnc32)cc1C. The molecule has 2 N–H and O–H groups in total. The lowest BCUT2D eigenvalue weighted by Crippen LogP contribution is -2.06. The van der Waals surface area contributed by atoms with Crippen LogP contribution in [0.4, 0.5) is 5.82 Å². The topological polar surface area (TPSA) is 75.9 Å². The van der Waals surface area contributed by atoms with Crippen LogP contribution in [0.3, 0.4) is 0 Å². The minimum Gasteiger partial charge on any atom is -0.396 e. The Morgan fingerprint density at radius 1 is 1.18 bits per heavy atom. The van der Waals surface area contributed by atoms with E-state index in [9.17, 15) is 0 Å². The third-order valence-electron chi connectivity index (χ3n) is 3.73. The van der Waals surface area contributed by atoms with Gasteiger partial charge >= 0.3 is 0 Å². The number of hydrogen-bond acceptors (Lipinski definition) is 5. The number of aliphatic hydroxyl groups is 1. The van der Waals surface area contributed by atoms with Crippen LogP contribution in [0.2, 0.25) is 0 Å². The van der Waals surface area contributed by atoms with Gasteiger partial charge < -0.3 is 10.4 Å². The molecule has 3 aromatic rings. The molecular formula is C16H19N5O. The lowest BCUT2D eigenvalue weighted by Gasteiger charge is -2.07. The first-order valence-electron chi connectivity index (χ1n) is 7.32. The Kier molecular flexibility index (Phi) is 4.02. The summed E-state index contributed by atoms with van der Waals surface area (Å²) < 4.78 is 1.82. The second kappa shape index (κ2) is 6.11. The molecule has 0 unspecified atom stereocenters. The number of rotatable bonds is 5. The zero-order valence-corrected chi connectivity index (χ0v) is 12.7. The lowest BCUT2D eigenvalue weighted by molar-refractivity contribution is 0.292. The van der Waals surface area contributed by atoms with E-state index in [1.165, 1.54) is 17.5 Å². The first-order valence-corrected chi connectivity index (χ1v) is 7.32. The van der Waals surface area contributed by atoms with Gasteiger partial charge in [0.2, 0.25) is 0 Å². The average molecular weight is 297 g/mol. The van der Waals surface area contributed by atoms with E-state index in [0.29, 0.717) is 13.0 Å². The van der Waals surface area contributed by atoms with Crippen molar-refractivity contribution in [2.24, 2.45) is 0 Å². The summed E-state index contributed by atoms with van der Waals surface area (Å²) in [4.78, 5) is 8.62. The zero-order valence-electron chi connectivity index (χ0n) is 12.7. The van der Waals surface area contributed by atoms with Crippen molar-refractivity contribution < 1.29 is 5.11 Å². The van der Waals surface area contributed by atoms with Crippen LogP contribution < -0.4 is 5.32 Å². The molecule has 0 spiro atoms. The molecule has 2 aromatic heterocycles. The van der Waals surface area contributed by atoms with Crippen LogP contribution in [0.25, 0.3) is 16.7 Å². The van der Waals surface area contributed by atoms with Crippen molar-refractivity contribution in [3.05, 3.63) is 41.9 Å². The molecule has 6 heteroatoms. The van der Waals surface area contributed by atoms with Gasteiger partial charge in [0.05, 0.1) is 17.3 Å². The molecule has 0 saturated carbocycles. The third-order valence-corrected chi connectivity index (χ3v) is 3.73. The normalized spacial score (nSPS) is 11.0. The van der Waals surface area contributed by atoms with Crippen LogP contribution in [-0.2, 0) is 0 Å². The van der Waals surface area contributed by atoms with Crippen LogP contribution in [-0.4, -0.2) is 38.0 Å². The van der Waals surface area contributed by atoms with Crippen LogP contribution in [0.1, 0.15) is 17.5 Å². The van der Waals surface area contributed by atoms with Gasteiger partial charge in [0.1, 0.15) is 12.1 Å². The number of nitrogens with one attached hydrogen (secondary N) is 1. The summed E-state index contributed by atoms with van der Waals surface area (Å²) in [6.07, 6.45) is 3.98. The van der Waals surface area contributed by atoms with Crippen LogP contribution >= 0.6 is 0 Å². The lowest BCUT2D eigenvalue weighted by atomic mass is 10.1. The first kappa shape index (κ1) is 14.5. The molecule has 114 valence electrons. The van der Waals surface area contributed by atoms with E-state index in [4.69, 9.17) is 5.11 Å². The Balaban J connectivity index is 2.01. The summed E-state index contributed by atoms with van der Waals surface area (Å²) in [5.74, 6) is 0.744. The van der Waals surface area contributed by atoms with Gasteiger partial charge in [-0.2, -0.15) is 5.10 Å². The smallest absolute Gasteiger partial charge is 0.168 e. The second-order valence-corrected chi connectivity index (χ2v) is 5.29. The molecular weight excluding hydrogens is 278 g/mol. The fourth-order valence-electron chi connectivity index (χ4n) is 2.32. The number of fused-ring (bicyclic) bond motifs is 1. The molecule has 3 rings (SSSR count). The number of anilines is 1. The Morgan fingerprint density at radius 3 is 2.82 bits per heavy atom. The minimum atomic E-state index is 0.156. The number of aliphatic hydroxyl groups excluding tert-OH is 1. The second-order valence-electron chi connectivity index (χ2n) is 5.29. The highest BCUT2D eigenvalue weighted by Crippen LogP contribution is 2.22. The van der Waals surface area contributed by atoms with Crippen molar-refractivity contribution in [2.45, 2.75) is 20.3 Å². The highest BCUT2D eigenvalue weighted by atomic mass is 16.3. The predicted octanol–water partition coefficient (Wildman–Crippen LogP) is 2.23. The van der Waals surface area contributed by atoms with Gasteiger partial charge in [0, 0.05) is 13.2 Å². The Hall–Kier alpha value is -2.47. The summed E-state index contributed by atoms with van der Waals surface area (Å²) in [7, 11) is 0. The molecule has 0 aliphatic rings. The summed E-state index contributed by atoms with van der Waals surface area (Å²) in [6.45, 7) is 4.99. The van der Waals surface area contributed by atoms with E-state index in [1.807, 2.05) is 10.7 Å². The molecule has 0 aliphatic carbocycles. The van der Waals surface area contributed by atoms with E-state index in [2.05, 4.69) is 46.4 Å². The number of aryl methyl sites for hydroxylation is 2. The molecule has 1 aromatic carbocycles. The molecule has 0 saturated heterocycles. The van der Waals surface area contributed by atoms with E-state index in [0.717, 1.165) is 22.5 Å². The van der Waals surface area contributed by atoms with Crippen molar-refractivity contribution in [1.82, 2.24) is 19.7 Å². The van der Waals surface area contributed by atoms with Gasteiger partial charge in [-0.25, -0.2) is 14.6 Å². The number of nitrogens with zero attached hydrogens (tertiary/aromatic N) is 4. The highest BCUT2D eigenvalue weighted by molar-refractivity contribution is 5.87. The molecule has 0 radical (unpaired) electrons. The van der Waals surface area contributed by atoms with Crippen molar-refractivity contribution in [3.8, 4) is 5.69 Å².